The van der Waals surface area contributed by atoms with Crippen LogP contribution in [-0.2, 0) is 23.9 Å². The van der Waals surface area contributed by atoms with Gasteiger partial charge >= 0.3 is 0 Å². The summed E-state index contributed by atoms with van der Waals surface area (Å²) in [4.78, 5) is 37.4. The first-order valence-electron chi connectivity index (χ1n) is 10.2. The Bertz CT molecular complexity index is 769. The number of methoxy groups -OCH3 is 1. The first-order valence-corrected chi connectivity index (χ1v) is 10.2. The molecule has 0 aromatic heterocycles. The third-order valence-electron chi connectivity index (χ3n) is 4.93. The Morgan fingerprint density at radius 2 is 1.79 bits per heavy atom. The second kappa shape index (κ2) is 10.9. The maximum absolute atomic E-state index is 13.3. The summed E-state index contributed by atoms with van der Waals surface area (Å²) in [5, 5.41) is 0. The predicted molar refractivity (Wildman–Crippen MR) is 114 cm³/mol. The molecular weight excluding hydrogens is 368 g/mol. The number of hydrogen-bond acceptors (Lipinski definition) is 5. The van der Waals surface area contributed by atoms with Gasteiger partial charge in [-0.15, -0.1) is 0 Å². The van der Waals surface area contributed by atoms with Crippen LogP contribution in [0.4, 0.5) is 0 Å². The van der Waals surface area contributed by atoms with Crippen molar-refractivity contribution >= 4 is 17.3 Å². The zero-order valence-corrected chi connectivity index (χ0v) is 18.8. The Kier molecular flexibility index (Phi) is 9.28. The molecule has 0 unspecified atom stereocenters. The van der Waals surface area contributed by atoms with E-state index in [1.807, 2.05) is 27.7 Å². The fourth-order valence-electron chi connectivity index (χ4n) is 3.22. The molecule has 0 aromatic carbocycles. The van der Waals surface area contributed by atoms with Crippen molar-refractivity contribution in [2.75, 3.05) is 7.11 Å². The molecule has 0 amide bonds. The monoisotopic (exact) mass is 402 g/mol. The number of ether oxygens (including phenoxy) is 2. The summed E-state index contributed by atoms with van der Waals surface area (Å²) in [7, 11) is 1.47. The highest BCUT2D eigenvalue weighted by Gasteiger charge is 2.33. The fourth-order valence-corrected chi connectivity index (χ4v) is 3.22. The van der Waals surface area contributed by atoms with Crippen molar-refractivity contribution in [3.8, 4) is 0 Å². The molecule has 0 fully saturated rings. The van der Waals surface area contributed by atoms with Crippen molar-refractivity contribution in [2.24, 2.45) is 0 Å². The molecule has 0 bridgehead atoms. The van der Waals surface area contributed by atoms with E-state index in [4.69, 9.17) is 9.47 Å². The minimum atomic E-state index is -0.402. The van der Waals surface area contributed by atoms with Crippen molar-refractivity contribution in [1.29, 1.82) is 0 Å². The van der Waals surface area contributed by atoms with Crippen LogP contribution in [0.15, 0.2) is 46.5 Å². The minimum absolute atomic E-state index is 0.0472. The van der Waals surface area contributed by atoms with E-state index < -0.39 is 5.78 Å². The highest BCUT2D eigenvalue weighted by molar-refractivity contribution is 6.29. The van der Waals surface area contributed by atoms with E-state index in [2.05, 4.69) is 0 Å². The second-order valence-electron chi connectivity index (χ2n) is 7.82. The van der Waals surface area contributed by atoms with Crippen LogP contribution in [0.3, 0.4) is 0 Å². The number of Topliss-reactive ketones (excluding diaryl/α,β-unsaturated/α-hetero) is 2. The summed E-state index contributed by atoms with van der Waals surface area (Å²) in [5.74, 6) is 0.239. The molecule has 29 heavy (non-hydrogen) atoms. The zero-order chi connectivity index (χ0) is 22.2. The maximum atomic E-state index is 13.3. The topological polar surface area (TPSA) is 69.7 Å². The molecule has 5 heteroatoms. The van der Waals surface area contributed by atoms with Crippen LogP contribution in [-0.4, -0.2) is 30.1 Å². The number of hydrogen-bond donors (Lipinski definition) is 0. The molecule has 1 aliphatic rings. The minimum Gasteiger partial charge on any atom is -0.500 e. The molecule has 0 aromatic rings. The molecule has 5 nitrogen and oxygen atoms in total. The van der Waals surface area contributed by atoms with Crippen LogP contribution < -0.4 is 0 Å². The Balaban J connectivity index is 3.27. The van der Waals surface area contributed by atoms with Gasteiger partial charge in [-0.25, -0.2) is 0 Å². The number of carbonyl (C=O) groups excluding carboxylic acids is 3. The highest BCUT2D eigenvalue weighted by atomic mass is 16.5. The summed E-state index contributed by atoms with van der Waals surface area (Å²) in [6.45, 7) is 11.0. The zero-order valence-electron chi connectivity index (χ0n) is 18.8. The van der Waals surface area contributed by atoms with E-state index in [9.17, 15) is 14.4 Å². The van der Waals surface area contributed by atoms with Crippen LogP contribution in [0.2, 0.25) is 0 Å². The van der Waals surface area contributed by atoms with Crippen LogP contribution in [0.25, 0.3) is 0 Å². The van der Waals surface area contributed by atoms with Gasteiger partial charge in [0.05, 0.1) is 7.11 Å². The van der Waals surface area contributed by atoms with Gasteiger partial charge in [0, 0.05) is 18.4 Å². The van der Waals surface area contributed by atoms with Crippen LogP contribution >= 0.6 is 0 Å². The quantitative estimate of drug-likeness (QED) is 0.166. The molecule has 0 saturated carbocycles. The summed E-state index contributed by atoms with van der Waals surface area (Å²) in [5.41, 5.74) is 1.11. The van der Waals surface area contributed by atoms with E-state index in [-0.39, 0.29) is 22.7 Å². The Hall–Kier alpha value is -2.43. The first-order chi connectivity index (χ1) is 13.6. The lowest BCUT2D eigenvalue weighted by molar-refractivity contribution is -0.118. The number of carbonyl (C=O) groups is 3. The summed E-state index contributed by atoms with van der Waals surface area (Å²) >= 11 is 0. The molecule has 0 N–H and O–H groups in total. The van der Waals surface area contributed by atoms with Crippen molar-refractivity contribution in [3.63, 3.8) is 0 Å². The van der Waals surface area contributed by atoms with Gasteiger partial charge in [-0.3, -0.25) is 14.4 Å². The van der Waals surface area contributed by atoms with Crippen LogP contribution in [0.5, 0.6) is 0 Å². The largest absolute Gasteiger partial charge is 0.500 e. The van der Waals surface area contributed by atoms with E-state index in [0.29, 0.717) is 49.2 Å². The van der Waals surface area contributed by atoms with Crippen molar-refractivity contribution in [3.05, 3.63) is 46.5 Å². The molecule has 0 radical (unpaired) electrons. The van der Waals surface area contributed by atoms with Crippen molar-refractivity contribution in [1.82, 2.24) is 0 Å². The molecule has 1 aliphatic heterocycles. The van der Waals surface area contributed by atoms with E-state index >= 15 is 0 Å². The van der Waals surface area contributed by atoms with Crippen LogP contribution in [0.1, 0.15) is 73.6 Å². The molecule has 0 spiro atoms. The molecule has 0 saturated heterocycles. The summed E-state index contributed by atoms with van der Waals surface area (Å²) in [6, 6.07) is 0. The lowest BCUT2D eigenvalue weighted by Crippen LogP contribution is -2.30. The number of ketones is 3. The van der Waals surface area contributed by atoms with Crippen molar-refractivity contribution < 1.29 is 23.9 Å². The average molecular weight is 403 g/mol. The third kappa shape index (κ3) is 7.15. The third-order valence-corrected chi connectivity index (χ3v) is 4.93. The van der Waals surface area contributed by atoms with Gasteiger partial charge in [-0.1, -0.05) is 31.6 Å². The molecule has 0 atom stereocenters. The molecular formula is C24H34O5. The van der Waals surface area contributed by atoms with E-state index in [1.54, 1.807) is 19.1 Å². The summed E-state index contributed by atoms with van der Waals surface area (Å²) in [6.07, 6.45) is 7.55. The van der Waals surface area contributed by atoms with Gasteiger partial charge in [0.15, 0.2) is 11.6 Å². The van der Waals surface area contributed by atoms with Gasteiger partial charge in [0.25, 0.3) is 0 Å². The van der Waals surface area contributed by atoms with Gasteiger partial charge in [0.2, 0.25) is 0 Å². The molecule has 1 heterocycles. The van der Waals surface area contributed by atoms with E-state index in [1.165, 1.54) is 20.1 Å². The normalized spacial score (nSPS) is 17.7. The number of allylic oxidation sites excluding steroid dienone is 8. The highest BCUT2D eigenvalue weighted by Crippen LogP contribution is 2.33. The maximum Gasteiger partial charge on any atom is 0.199 e. The lowest BCUT2D eigenvalue weighted by Gasteiger charge is -2.33. The standard InChI is InChI=1S/C24H34O5/c1-8-18(11-10-16(3)25)12-13-20(26)22(21(9-2)28-7)23(27)19-14-15-24(5,6)29-17(19)4/h11-13H,8-10,14-15H2,1-7H3/b13-12+,18-11+,22-21+. The SMILES string of the molecule is CCC(/C=C/C(=O)/C(C(=O)C1=C(C)OC(C)(C)CC1)=C(/CC)OC)=C\CC(C)=O. The first kappa shape index (κ1) is 24.6. The van der Waals surface area contributed by atoms with Crippen molar-refractivity contribution in [2.45, 2.75) is 79.2 Å². The summed E-state index contributed by atoms with van der Waals surface area (Å²) < 4.78 is 11.2. The van der Waals surface area contributed by atoms with Gasteiger partial charge in [-0.05, 0) is 53.0 Å². The molecule has 1 rings (SSSR count). The Labute approximate surface area is 174 Å². The lowest BCUT2D eigenvalue weighted by atomic mass is 9.88. The van der Waals surface area contributed by atoms with Crippen LogP contribution in [0, 0.1) is 0 Å². The fraction of sp³-hybridized carbons (Fsp3) is 0.542. The van der Waals surface area contributed by atoms with Gasteiger partial charge in [-0.2, -0.15) is 0 Å². The number of rotatable bonds is 10. The smallest absolute Gasteiger partial charge is 0.199 e. The van der Waals surface area contributed by atoms with Gasteiger partial charge in [0.1, 0.15) is 28.5 Å². The molecule has 160 valence electrons. The Morgan fingerprint density at radius 1 is 1.14 bits per heavy atom. The van der Waals surface area contributed by atoms with E-state index in [0.717, 1.165) is 5.57 Å². The second-order valence-corrected chi connectivity index (χ2v) is 7.82. The average Bonchev–Trinajstić information content (AvgIpc) is 2.64. The van der Waals surface area contributed by atoms with Gasteiger partial charge < -0.3 is 9.47 Å². The Morgan fingerprint density at radius 3 is 2.28 bits per heavy atom. The molecule has 0 aliphatic carbocycles. The predicted octanol–water partition coefficient (Wildman–Crippen LogP) is 5.17.